The number of hydrogen-bond acceptors (Lipinski definition) is 4. The van der Waals surface area contributed by atoms with Crippen molar-refractivity contribution < 1.29 is 4.79 Å². The number of hydrazine groups is 1. The second kappa shape index (κ2) is 6.59. The number of rotatable bonds is 5. The van der Waals surface area contributed by atoms with Gasteiger partial charge in [-0.25, -0.2) is 5.84 Å². The maximum atomic E-state index is 11.4. The second-order valence-corrected chi connectivity index (χ2v) is 7.12. The molecule has 0 bridgehead atoms. The second-order valence-electron chi connectivity index (χ2n) is 4.83. The van der Waals surface area contributed by atoms with Crippen LogP contribution in [0.15, 0.2) is 6.07 Å². The van der Waals surface area contributed by atoms with Crippen molar-refractivity contribution in [3.8, 4) is 0 Å². The molecule has 0 aliphatic heterocycles. The lowest BCUT2D eigenvalue weighted by molar-refractivity contribution is 0.0957. The molecule has 1 saturated carbocycles. The van der Waals surface area contributed by atoms with Crippen LogP contribution >= 0.6 is 23.1 Å². The Morgan fingerprint density at radius 1 is 1.56 bits per heavy atom. The van der Waals surface area contributed by atoms with Crippen molar-refractivity contribution in [3.05, 3.63) is 21.4 Å². The van der Waals surface area contributed by atoms with Gasteiger partial charge in [0.05, 0.1) is 4.88 Å². The molecular formula is C13H20N2OS2. The van der Waals surface area contributed by atoms with E-state index in [2.05, 4.69) is 12.3 Å². The van der Waals surface area contributed by atoms with Crippen LogP contribution in [-0.2, 0) is 5.75 Å². The smallest absolute Gasteiger partial charge is 0.275 e. The van der Waals surface area contributed by atoms with E-state index in [4.69, 9.17) is 5.84 Å². The minimum Gasteiger partial charge on any atom is -0.289 e. The molecule has 100 valence electrons. The number of nitrogens with one attached hydrogen (secondary N) is 1. The Kier molecular flexibility index (Phi) is 5.09. The fourth-order valence-electron chi connectivity index (χ4n) is 2.36. The van der Waals surface area contributed by atoms with Crippen LogP contribution in [0.2, 0.25) is 0 Å². The summed E-state index contributed by atoms with van der Waals surface area (Å²) in [6, 6.07) is 1.98. The van der Waals surface area contributed by atoms with Crippen molar-refractivity contribution >= 4 is 29.0 Å². The van der Waals surface area contributed by atoms with E-state index in [1.54, 1.807) is 0 Å². The number of hydrogen-bond donors (Lipinski definition) is 2. The molecule has 5 heteroatoms. The predicted molar refractivity (Wildman–Crippen MR) is 78.8 cm³/mol. The summed E-state index contributed by atoms with van der Waals surface area (Å²) in [6.45, 7) is 2.07. The van der Waals surface area contributed by atoms with Crippen LogP contribution in [-0.4, -0.2) is 11.7 Å². The largest absolute Gasteiger partial charge is 0.289 e. The van der Waals surface area contributed by atoms with E-state index in [9.17, 15) is 4.79 Å². The molecule has 3 N–H and O–H groups in total. The van der Waals surface area contributed by atoms with Gasteiger partial charge in [-0.2, -0.15) is 11.8 Å². The minimum absolute atomic E-state index is 0.185. The van der Waals surface area contributed by atoms with Crippen molar-refractivity contribution in [2.24, 2.45) is 11.8 Å². The van der Waals surface area contributed by atoms with Gasteiger partial charge in [0.2, 0.25) is 0 Å². The first-order valence-corrected chi connectivity index (χ1v) is 8.36. The molecule has 0 aromatic carbocycles. The number of carbonyl (C=O) groups is 1. The van der Waals surface area contributed by atoms with Gasteiger partial charge in [-0.05, 0) is 43.1 Å². The number of thioether (sulfide) groups is 1. The minimum atomic E-state index is -0.185. The number of carbonyl (C=O) groups excluding carboxylic acids is 1. The Hall–Kier alpha value is -0.520. The number of nitrogen functional groups attached to an aromatic ring is 1. The van der Waals surface area contributed by atoms with E-state index in [-0.39, 0.29) is 5.91 Å². The highest BCUT2D eigenvalue weighted by Crippen LogP contribution is 2.31. The highest BCUT2D eigenvalue weighted by molar-refractivity contribution is 7.98. The molecule has 0 unspecified atom stereocenters. The Labute approximate surface area is 116 Å². The number of aryl methyl sites for hydroxylation is 1. The maximum Gasteiger partial charge on any atom is 0.275 e. The molecule has 1 aliphatic rings. The molecular weight excluding hydrogens is 264 g/mol. The standard InChI is InChI=1S/C13H20N2OS2/c1-9-11(6-12(18-9)13(16)15-14)8-17-7-10-4-2-3-5-10/h6,10H,2-5,7-8,14H2,1H3,(H,15,16). The van der Waals surface area contributed by atoms with E-state index >= 15 is 0 Å². The lowest BCUT2D eigenvalue weighted by Gasteiger charge is -2.07. The fraction of sp³-hybridized carbons (Fsp3) is 0.615. The van der Waals surface area contributed by atoms with E-state index in [0.717, 1.165) is 11.7 Å². The normalized spacial score (nSPS) is 16.1. The third-order valence-corrected chi connectivity index (χ3v) is 5.78. The van der Waals surface area contributed by atoms with Crippen LogP contribution in [0.5, 0.6) is 0 Å². The van der Waals surface area contributed by atoms with Crippen molar-refractivity contribution in [1.29, 1.82) is 0 Å². The van der Waals surface area contributed by atoms with Crippen LogP contribution in [0, 0.1) is 12.8 Å². The number of nitrogens with two attached hydrogens (primary N) is 1. The molecule has 1 aromatic heterocycles. The van der Waals surface area contributed by atoms with Crippen LogP contribution in [0.3, 0.4) is 0 Å². The van der Waals surface area contributed by atoms with Gasteiger partial charge in [-0.3, -0.25) is 10.2 Å². The lowest BCUT2D eigenvalue weighted by atomic mass is 10.1. The van der Waals surface area contributed by atoms with Crippen molar-refractivity contribution in [2.45, 2.75) is 38.4 Å². The molecule has 1 amide bonds. The number of thiophene rings is 1. The fourth-order valence-corrected chi connectivity index (χ4v) is 4.70. The molecule has 1 aromatic rings. The van der Waals surface area contributed by atoms with E-state index in [1.807, 2.05) is 17.8 Å². The van der Waals surface area contributed by atoms with Gasteiger partial charge < -0.3 is 0 Å². The summed E-state index contributed by atoms with van der Waals surface area (Å²) in [4.78, 5) is 13.4. The molecule has 1 aliphatic carbocycles. The highest BCUT2D eigenvalue weighted by atomic mass is 32.2. The van der Waals surface area contributed by atoms with E-state index < -0.39 is 0 Å². The van der Waals surface area contributed by atoms with Crippen LogP contribution in [0.1, 0.15) is 45.8 Å². The van der Waals surface area contributed by atoms with Gasteiger partial charge in [-0.1, -0.05) is 12.8 Å². The Morgan fingerprint density at radius 2 is 2.28 bits per heavy atom. The topological polar surface area (TPSA) is 55.1 Å². The van der Waals surface area contributed by atoms with Crippen molar-refractivity contribution in [2.75, 3.05) is 5.75 Å². The molecule has 18 heavy (non-hydrogen) atoms. The monoisotopic (exact) mass is 284 g/mol. The zero-order valence-corrected chi connectivity index (χ0v) is 12.3. The summed E-state index contributed by atoms with van der Waals surface area (Å²) in [5, 5.41) is 0. The molecule has 3 nitrogen and oxygen atoms in total. The molecule has 0 spiro atoms. The predicted octanol–water partition coefficient (Wildman–Crippen LogP) is 3.08. The van der Waals surface area contributed by atoms with Gasteiger partial charge >= 0.3 is 0 Å². The van der Waals surface area contributed by atoms with Crippen molar-refractivity contribution in [1.82, 2.24) is 5.43 Å². The number of amides is 1. The summed E-state index contributed by atoms with van der Waals surface area (Å²) in [5.41, 5.74) is 3.47. The maximum absolute atomic E-state index is 11.4. The zero-order chi connectivity index (χ0) is 13.0. The van der Waals surface area contributed by atoms with Gasteiger partial charge in [0, 0.05) is 10.6 Å². The third-order valence-electron chi connectivity index (χ3n) is 3.46. The lowest BCUT2D eigenvalue weighted by Crippen LogP contribution is -2.29. The van der Waals surface area contributed by atoms with E-state index in [1.165, 1.54) is 53.2 Å². The Balaban J connectivity index is 1.84. The molecule has 1 fully saturated rings. The summed E-state index contributed by atoms with van der Waals surface area (Å²) >= 11 is 3.52. The van der Waals surface area contributed by atoms with Gasteiger partial charge in [0.25, 0.3) is 5.91 Å². The quantitative estimate of drug-likeness (QED) is 0.496. The van der Waals surface area contributed by atoms with Crippen molar-refractivity contribution in [3.63, 3.8) is 0 Å². The first-order chi connectivity index (χ1) is 8.70. The van der Waals surface area contributed by atoms with Gasteiger partial charge in [0.15, 0.2) is 0 Å². The zero-order valence-electron chi connectivity index (χ0n) is 10.7. The van der Waals surface area contributed by atoms with Crippen LogP contribution in [0.4, 0.5) is 0 Å². The van der Waals surface area contributed by atoms with Gasteiger partial charge in [0.1, 0.15) is 0 Å². The SMILES string of the molecule is Cc1sc(C(=O)NN)cc1CSCC1CCCC1. The van der Waals surface area contributed by atoms with Gasteiger partial charge in [-0.15, -0.1) is 11.3 Å². The molecule has 1 heterocycles. The first-order valence-electron chi connectivity index (χ1n) is 6.38. The van der Waals surface area contributed by atoms with Crippen LogP contribution < -0.4 is 11.3 Å². The van der Waals surface area contributed by atoms with E-state index in [0.29, 0.717) is 4.88 Å². The third kappa shape index (κ3) is 3.49. The average Bonchev–Trinajstić information content (AvgIpc) is 2.99. The molecule has 2 rings (SSSR count). The Bertz CT molecular complexity index is 411. The average molecular weight is 284 g/mol. The Morgan fingerprint density at radius 3 is 2.94 bits per heavy atom. The molecule has 0 saturated heterocycles. The summed E-state index contributed by atoms with van der Waals surface area (Å²) in [5.74, 6) is 8.15. The van der Waals surface area contributed by atoms with Crippen LogP contribution in [0.25, 0.3) is 0 Å². The summed E-state index contributed by atoms with van der Waals surface area (Å²) in [6.07, 6.45) is 5.61. The summed E-state index contributed by atoms with van der Waals surface area (Å²) in [7, 11) is 0. The molecule has 0 radical (unpaired) electrons. The summed E-state index contributed by atoms with van der Waals surface area (Å²) < 4.78 is 0. The first kappa shape index (κ1) is 13.9. The highest BCUT2D eigenvalue weighted by Gasteiger charge is 2.16. The molecule has 0 atom stereocenters.